The van der Waals surface area contributed by atoms with Crippen molar-refractivity contribution in [3.63, 3.8) is 0 Å². The van der Waals surface area contributed by atoms with Gasteiger partial charge in [0.15, 0.2) is 0 Å². The Morgan fingerprint density at radius 1 is 0.950 bits per heavy atom. The van der Waals surface area contributed by atoms with Gasteiger partial charge in [-0.1, -0.05) is 6.07 Å². The van der Waals surface area contributed by atoms with Gasteiger partial charge in [0.25, 0.3) is 0 Å². The van der Waals surface area contributed by atoms with Gasteiger partial charge < -0.3 is 5.73 Å². The minimum Gasteiger partial charge on any atom is -0.324 e. The zero-order chi connectivity index (χ0) is 14.9. The van der Waals surface area contributed by atoms with Gasteiger partial charge in [-0.15, -0.1) is 0 Å². The first-order valence-corrected chi connectivity index (χ1v) is 7.31. The number of hydrogen-bond donors (Lipinski definition) is 1. The first kappa shape index (κ1) is 15.5. The molecular formula is C14H10Br2F3N. The Morgan fingerprint density at radius 2 is 1.60 bits per heavy atom. The lowest BCUT2D eigenvalue weighted by atomic mass is 9.99. The van der Waals surface area contributed by atoms with Crippen molar-refractivity contribution in [2.75, 3.05) is 0 Å². The van der Waals surface area contributed by atoms with Gasteiger partial charge in [-0.25, -0.2) is 13.2 Å². The molecule has 0 aliphatic rings. The fourth-order valence-electron chi connectivity index (χ4n) is 1.84. The summed E-state index contributed by atoms with van der Waals surface area (Å²) in [6, 6.07) is 6.14. The second-order valence-electron chi connectivity index (χ2n) is 4.31. The van der Waals surface area contributed by atoms with E-state index in [1.807, 2.05) is 0 Å². The Bertz CT molecular complexity index is 647. The third kappa shape index (κ3) is 3.24. The molecule has 0 saturated heterocycles. The third-order valence-corrected chi connectivity index (χ3v) is 4.19. The molecule has 2 N–H and O–H groups in total. The smallest absolute Gasteiger partial charge is 0.143 e. The van der Waals surface area contributed by atoms with Crippen molar-refractivity contribution < 1.29 is 13.2 Å². The zero-order valence-corrected chi connectivity index (χ0v) is 13.3. The standard InChI is InChI=1S/C14H10Br2F3N/c15-9-2-1-7(5-12(9)18)13(20)6-8-11(17)4-3-10(16)14(8)19/h1-5,13H,6,20H2. The second kappa shape index (κ2) is 6.28. The van der Waals surface area contributed by atoms with E-state index in [1.165, 1.54) is 18.2 Å². The van der Waals surface area contributed by atoms with E-state index in [-0.39, 0.29) is 16.5 Å². The Balaban J connectivity index is 2.30. The van der Waals surface area contributed by atoms with E-state index in [0.29, 0.717) is 10.0 Å². The number of hydrogen-bond acceptors (Lipinski definition) is 1. The molecule has 0 bridgehead atoms. The molecule has 2 aromatic carbocycles. The summed E-state index contributed by atoms with van der Waals surface area (Å²) in [6.07, 6.45) is -0.0574. The summed E-state index contributed by atoms with van der Waals surface area (Å²) < 4.78 is 41.4. The molecule has 0 aliphatic heterocycles. The zero-order valence-electron chi connectivity index (χ0n) is 10.1. The Morgan fingerprint density at radius 3 is 2.25 bits per heavy atom. The fourth-order valence-corrected chi connectivity index (χ4v) is 2.46. The molecular weight excluding hydrogens is 399 g/mol. The van der Waals surface area contributed by atoms with E-state index in [4.69, 9.17) is 5.73 Å². The maximum atomic E-state index is 13.9. The van der Waals surface area contributed by atoms with Gasteiger partial charge >= 0.3 is 0 Å². The van der Waals surface area contributed by atoms with E-state index in [0.717, 1.165) is 6.07 Å². The van der Waals surface area contributed by atoms with Crippen molar-refractivity contribution in [1.82, 2.24) is 0 Å². The van der Waals surface area contributed by atoms with Crippen LogP contribution in [0.25, 0.3) is 0 Å². The summed E-state index contributed by atoms with van der Waals surface area (Å²) in [5, 5.41) is 0. The van der Waals surface area contributed by atoms with Crippen LogP contribution in [0.2, 0.25) is 0 Å². The van der Waals surface area contributed by atoms with Gasteiger partial charge in [0.05, 0.1) is 8.95 Å². The van der Waals surface area contributed by atoms with Crippen LogP contribution < -0.4 is 5.73 Å². The average Bonchev–Trinajstić information content (AvgIpc) is 2.42. The van der Waals surface area contributed by atoms with Crippen LogP contribution in [0.4, 0.5) is 13.2 Å². The van der Waals surface area contributed by atoms with Gasteiger partial charge in [0, 0.05) is 11.6 Å². The van der Waals surface area contributed by atoms with Crippen molar-refractivity contribution in [2.45, 2.75) is 12.5 Å². The first-order valence-electron chi connectivity index (χ1n) is 5.73. The number of halogens is 5. The van der Waals surface area contributed by atoms with E-state index in [2.05, 4.69) is 31.9 Å². The lowest BCUT2D eigenvalue weighted by molar-refractivity contribution is 0.535. The Labute approximate surface area is 131 Å². The molecule has 20 heavy (non-hydrogen) atoms. The van der Waals surface area contributed by atoms with E-state index < -0.39 is 23.5 Å². The van der Waals surface area contributed by atoms with Crippen molar-refractivity contribution in [3.8, 4) is 0 Å². The van der Waals surface area contributed by atoms with Crippen molar-refractivity contribution in [2.24, 2.45) is 5.73 Å². The van der Waals surface area contributed by atoms with Crippen LogP contribution in [0, 0.1) is 17.5 Å². The third-order valence-electron chi connectivity index (χ3n) is 2.93. The van der Waals surface area contributed by atoms with Crippen LogP contribution in [0.15, 0.2) is 39.3 Å². The fraction of sp³-hybridized carbons (Fsp3) is 0.143. The lowest BCUT2D eigenvalue weighted by Gasteiger charge is -2.14. The number of nitrogens with two attached hydrogens (primary N) is 1. The molecule has 106 valence electrons. The molecule has 0 fully saturated rings. The minimum atomic E-state index is -0.698. The predicted octanol–water partition coefficient (Wildman–Crippen LogP) is 4.87. The molecule has 0 aliphatic carbocycles. The number of rotatable bonds is 3. The van der Waals surface area contributed by atoms with Gasteiger partial charge in [-0.2, -0.15) is 0 Å². The van der Waals surface area contributed by atoms with Crippen LogP contribution in [0.3, 0.4) is 0 Å². The Hall–Kier alpha value is -0.850. The normalized spacial score (nSPS) is 12.5. The maximum absolute atomic E-state index is 13.9. The van der Waals surface area contributed by atoms with Crippen LogP contribution in [-0.2, 0) is 6.42 Å². The molecule has 0 spiro atoms. The van der Waals surface area contributed by atoms with Crippen molar-refractivity contribution >= 4 is 31.9 Å². The minimum absolute atomic E-state index is 0.0574. The summed E-state index contributed by atoms with van der Waals surface area (Å²) >= 11 is 6.03. The molecule has 1 atom stereocenters. The highest BCUT2D eigenvalue weighted by Gasteiger charge is 2.17. The maximum Gasteiger partial charge on any atom is 0.143 e. The molecule has 6 heteroatoms. The largest absolute Gasteiger partial charge is 0.324 e. The molecule has 1 nitrogen and oxygen atoms in total. The summed E-state index contributed by atoms with van der Waals surface area (Å²) in [5.41, 5.74) is 6.26. The van der Waals surface area contributed by atoms with E-state index >= 15 is 0 Å². The van der Waals surface area contributed by atoms with E-state index in [1.54, 1.807) is 6.07 Å². The quantitative estimate of drug-likeness (QED) is 0.720. The number of benzene rings is 2. The van der Waals surface area contributed by atoms with Gasteiger partial charge in [-0.3, -0.25) is 0 Å². The highest BCUT2D eigenvalue weighted by Crippen LogP contribution is 2.27. The lowest BCUT2D eigenvalue weighted by Crippen LogP contribution is -2.15. The van der Waals surface area contributed by atoms with Crippen LogP contribution in [0.5, 0.6) is 0 Å². The second-order valence-corrected chi connectivity index (χ2v) is 6.01. The summed E-state index contributed by atoms with van der Waals surface area (Å²) in [6.45, 7) is 0. The molecule has 0 amide bonds. The molecule has 1 unspecified atom stereocenters. The summed E-state index contributed by atoms with van der Waals surface area (Å²) in [7, 11) is 0. The SMILES string of the molecule is NC(Cc1c(F)ccc(Br)c1F)c1ccc(Br)c(F)c1. The van der Waals surface area contributed by atoms with Crippen LogP contribution in [0.1, 0.15) is 17.2 Å². The summed E-state index contributed by atoms with van der Waals surface area (Å²) in [5.74, 6) is -1.81. The highest BCUT2D eigenvalue weighted by molar-refractivity contribution is 9.10. The van der Waals surface area contributed by atoms with Crippen molar-refractivity contribution in [3.05, 3.63) is 67.9 Å². The molecule has 0 saturated carbocycles. The van der Waals surface area contributed by atoms with Gasteiger partial charge in [0.2, 0.25) is 0 Å². The summed E-state index contributed by atoms with van der Waals surface area (Å²) in [4.78, 5) is 0. The van der Waals surface area contributed by atoms with Gasteiger partial charge in [-0.05, 0) is 68.1 Å². The highest BCUT2D eigenvalue weighted by atomic mass is 79.9. The van der Waals surface area contributed by atoms with E-state index in [9.17, 15) is 13.2 Å². The predicted molar refractivity (Wildman–Crippen MR) is 78.8 cm³/mol. The molecule has 2 rings (SSSR count). The topological polar surface area (TPSA) is 26.0 Å². The first-order chi connectivity index (χ1) is 9.40. The van der Waals surface area contributed by atoms with Gasteiger partial charge in [0.1, 0.15) is 17.5 Å². The Kier molecular flexibility index (Phi) is 4.88. The van der Waals surface area contributed by atoms with Crippen LogP contribution >= 0.6 is 31.9 Å². The molecule has 0 radical (unpaired) electrons. The molecule has 2 aromatic rings. The monoisotopic (exact) mass is 407 g/mol. The molecule has 0 aromatic heterocycles. The average molecular weight is 409 g/mol. The van der Waals surface area contributed by atoms with Crippen molar-refractivity contribution in [1.29, 1.82) is 0 Å². The van der Waals surface area contributed by atoms with Crippen LogP contribution in [-0.4, -0.2) is 0 Å². The molecule has 0 heterocycles.